The maximum atomic E-state index is 12.2. The summed E-state index contributed by atoms with van der Waals surface area (Å²) in [5.74, 6) is 0.430. The highest BCUT2D eigenvalue weighted by atomic mass is 32.2. The molecule has 0 saturated carbocycles. The van der Waals surface area contributed by atoms with Gasteiger partial charge < -0.3 is 0 Å². The number of rotatable bonds is 7. The number of anilines is 1. The molecule has 1 saturated heterocycles. The molecule has 2 aromatic carbocycles. The molecule has 8 heteroatoms. The smallest absolute Gasteiger partial charge is 0.235 e. The molecule has 0 spiro atoms. The van der Waals surface area contributed by atoms with Crippen LogP contribution in [-0.2, 0) is 16.6 Å². The summed E-state index contributed by atoms with van der Waals surface area (Å²) in [6.45, 7) is 6.10. The molecule has 1 N–H and O–H groups in total. The largest absolute Gasteiger partial charge is 0.297 e. The van der Waals surface area contributed by atoms with Crippen molar-refractivity contribution >= 4 is 15.7 Å². The van der Waals surface area contributed by atoms with E-state index in [2.05, 4.69) is 26.0 Å². The molecule has 1 aliphatic heterocycles. The first kappa shape index (κ1) is 21.5. The molecule has 1 aromatic heterocycles. The lowest BCUT2D eigenvalue weighted by molar-refractivity contribution is 0.202. The van der Waals surface area contributed by atoms with Gasteiger partial charge in [0.25, 0.3) is 0 Å². The average molecular weight is 440 g/mol. The lowest BCUT2D eigenvalue weighted by Gasteiger charge is -2.31. The molecule has 0 atom stereocenters. The summed E-state index contributed by atoms with van der Waals surface area (Å²) in [5, 5.41) is 8.12. The molecule has 31 heavy (non-hydrogen) atoms. The molecular formula is C23H29N5O2S. The molecule has 0 bridgehead atoms. The van der Waals surface area contributed by atoms with E-state index in [0.717, 1.165) is 43.9 Å². The molecule has 0 aliphatic carbocycles. The minimum absolute atomic E-state index is 0.430. The predicted octanol–water partition coefficient (Wildman–Crippen LogP) is 3.80. The zero-order chi connectivity index (χ0) is 21.8. The van der Waals surface area contributed by atoms with Crippen molar-refractivity contribution in [2.75, 3.05) is 17.8 Å². The van der Waals surface area contributed by atoms with Crippen molar-refractivity contribution in [3.8, 4) is 5.69 Å². The van der Waals surface area contributed by atoms with Crippen LogP contribution >= 0.6 is 0 Å². The fourth-order valence-electron chi connectivity index (χ4n) is 3.87. The maximum absolute atomic E-state index is 12.2. The van der Waals surface area contributed by atoms with Crippen LogP contribution in [0.25, 0.3) is 5.69 Å². The molecule has 0 amide bonds. The first-order chi connectivity index (χ1) is 14.9. The number of sulfonamides is 1. The number of nitrogens with one attached hydrogen (secondary N) is 1. The number of para-hydroxylation sites is 1. The lowest BCUT2D eigenvalue weighted by Crippen LogP contribution is -2.32. The van der Waals surface area contributed by atoms with E-state index in [1.54, 1.807) is 13.8 Å². The van der Waals surface area contributed by atoms with Crippen LogP contribution in [0.2, 0.25) is 0 Å². The van der Waals surface area contributed by atoms with Gasteiger partial charge in [-0.05, 0) is 75.5 Å². The second kappa shape index (κ2) is 9.20. The van der Waals surface area contributed by atoms with Crippen molar-refractivity contribution in [2.24, 2.45) is 0 Å². The van der Waals surface area contributed by atoms with E-state index in [0.29, 0.717) is 11.6 Å². The van der Waals surface area contributed by atoms with Crippen LogP contribution in [0.1, 0.15) is 43.9 Å². The number of nitrogens with zero attached hydrogens (tertiary/aromatic N) is 4. The number of hydrogen-bond acceptors (Lipinski definition) is 5. The Balaban J connectivity index is 1.34. The maximum Gasteiger partial charge on any atom is 0.235 e. The van der Waals surface area contributed by atoms with Gasteiger partial charge in [-0.1, -0.05) is 35.5 Å². The summed E-state index contributed by atoms with van der Waals surface area (Å²) < 4.78 is 28.8. The van der Waals surface area contributed by atoms with Crippen LogP contribution in [0.5, 0.6) is 0 Å². The van der Waals surface area contributed by atoms with Gasteiger partial charge >= 0.3 is 0 Å². The van der Waals surface area contributed by atoms with Crippen LogP contribution in [0, 0.1) is 0 Å². The van der Waals surface area contributed by atoms with E-state index in [1.807, 2.05) is 59.4 Å². The standard InChI is InChI=1S/C23H29N5O2S/c1-18(2)31(29,30)25-21-8-6-7-20(15-21)19-11-13-27(14-12-19)16-22-17-28(26-24-22)23-9-4-3-5-10-23/h3-10,15,17-19,25H,11-14,16H2,1-2H3. The number of aromatic nitrogens is 3. The Morgan fingerprint density at radius 3 is 2.52 bits per heavy atom. The molecule has 7 nitrogen and oxygen atoms in total. The number of likely N-dealkylation sites (tertiary alicyclic amines) is 1. The lowest BCUT2D eigenvalue weighted by atomic mass is 9.89. The summed E-state index contributed by atoms with van der Waals surface area (Å²) in [5.41, 5.74) is 3.81. The van der Waals surface area contributed by atoms with E-state index in [1.165, 1.54) is 5.56 Å². The second-order valence-corrected chi connectivity index (χ2v) is 10.6. The van der Waals surface area contributed by atoms with E-state index in [4.69, 9.17) is 0 Å². The minimum atomic E-state index is -3.33. The van der Waals surface area contributed by atoms with Gasteiger partial charge in [0.2, 0.25) is 10.0 Å². The Hall–Kier alpha value is -2.71. The number of benzene rings is 2. The molecule has 0 unspecified atom stereocenters. The van der Waals surface area contributed by atoms with Crippen LogP contribution in [0.15, 0.2) is 60.8 Å². The molecule has 0 radical (unpaired) electrons. The van der Waals surface area contributed by atoms with Crippen LogP contribution < -0.4 is 4.72 Å². The van der Waals surface area contributed by atoms with Gasteiger partial charge in [-0.15, -0.1) is 5.10 Å². The summed E-state index contributed by atoms with van der Waals surface area (Å²) in [6, 6.07) is 17.8. The summed E-state index contributed by atoms with van der Waals surface area (Å²) in [6.07, 6.45) is 4.06. The first-order valence-corrected chi connectivity index (χ1v) is 12.3. The van der Waals surface area contributed by atoms with Crippen molar-refractivity contribution in [1.82, 2.24) is 19.9 Å². The van der Waals surface area contributed by atoms with Gasteiger partial charge in [-0.3, -0.25) is 9.62 Å². The third kappa shape index (κ3) is 5.32. The number of piperidine rings is 1. The predicted molar refractivity (Wildman–Crippen MR) is 123 cm³/mol. The fourth-order valence-corrected chi connectivity index (χ4v) is 4.56. The Morgan fingerprint density at radius 2 is 1.81 bits per heavy atom. The van der Waals surface area contributed by atoms with Crippen molar-refractivity contribution in [1.29, 1.82) is 0 Å². The van der Waals surface area contributed by atoms with Crippen molar-refractivity contribution in [3.63, 3.8) is 0 Å². The third-order valence-corrected chi connectivity index (χ3v) is 7.53. The van der Waals surface area contributed by atoms with E-state index >= 15 is 0 Å². The molecule has 164 valence electrons. The van der Waals surface area contributed by atoms with Gasteiger partial charge in [0, 0.05) is 12.2 Å². The molecule has 3 aromatic rings. The van der Waals surface area contributed by atoms with Gasteiger partial charge in [0.05, 0.1) is 22.8 Å². The molecule has 4 rings (SSSR count). The Labute approximate surface area is 184 Å². The summed E-state index contributed by atoms with van der Waals surface area (Å²) >= 11 is 0. The number of hydrogen-bond donors (Lipinski definition) is 1. The Morgan fingerprint density at radius 1 is 1.06 bits per heavy atom. The van der Waals surface area contributed by atoms with E-state index < -0.39 is 15.3 Å². The van der Waals surface area contributed by atoms with Crippen molar-refractivity contribution < 1.29 is 8.42 Å². The normalized spacial score (nSPS) is 16.0. The van der Waals surface area contributed by atoms with Crippen LogP contribution in [0.3, 0.4) is 0 Å². The second-order valence-electron chi connectivity index (χ2n) is 8.36. The monoisotopic (exact) mass is 439 g/mol. The molecule has 2 heterocycles. The third-order valence-electron chi connectivity index (χ3n) is 5.77. The molecule has 1 fully saturated rings. The van der Waals surface area contributed by atoms with Crippen molar-refractivity contribution in [2.45, 2.75) is 44.4 Å². The van der Waals surface area contributed by atoms with Crippen molar-refractivity contribution in [3.05, 3.63) is 72.1 Å². The van der Waals surface area contributed by atoms with Gasteiger partial charge in [0.15, 0.2) is 0 Å². The van der Waals surface area contributed by atoms with Crippen LogP contribution in [0.4, 0.5) is 5.69 Å². The first-order valence-electron chi connectivity index (χ1n) is 10.7. The quantitative estimate of drug-likeness (QED) is 0.606. The van der Waals surface area contributed by atoms with E-state index in [9.17, 15) is 8.42 Å². The summed E-state index contributed by atoms with van der Waals surface area (Å²) in [7, 11) is -3.33. The molecule has 1 aliphatic rings. The Bertz CT molecular complexity index is 1100. The average Bonchev–Trinajstić information content (AvgIpc) is 3.23. The highest BCUT2D eigenvalue weighted by Gasteiger charge is 2.22. The fraction of sp³-hybridized carbons (Fsp3) is 0.391. The zero-order valence-electron chi connectivity index (χ0n) is 18.0. The van der Waals surface area contributed by atoms with Gasteiger partial charge in [0.1, 0.15) is 0 Å². The Kier molecular flexibility index (Phi) is 6.38. The van der Waals surface area contributed by atoms with Crippen LogP contribution in [-0.4, -0.2) is 46.7 Å². The van der Waals surface area contributed by atoms with E-state index in [-0.39, 0.29) is 0 Å². The topological polar surface area (TPSA) is 80.1 Å². The minimum Gasteiger partial charge on any atom is -0.297 e. The van der Waals surface area contributed by atoms with Gasteiger partial charge in [-0.25, -0.2) is 13.1 Å². The highest BCUT2D eigenvalue weighted by molar-refractivity contribution is 7.93. The summed E-state index contributed by atoms with van der Waals surface area (Å²) in [4.78, 5) is 2.40. The zero-order valence-corrected chi connectivity index (χ0v) is 18.8. The SMILES string of the molecule is CC(C)S(=O)(=O)Nc1cccc(C2CCN(Cc3cn(-c4ccccc4)nn3)CC2)c1. The highest BCUT2D eigenvalue weighted by Crippen LogP contribution is 2.30. The van der Waals surface area contributed by atoms with Gasteiger partial charge in [-0.2, -0.15) is 0 Å². The molecular weight excluding hydrogens is 410 g/mol.